The predicted octanol–water partition coefficient (Wildman–Crippen LogP) is 3.04. The minimum atomic E-state index is -1.38. The molecule has 1 saturated carbocycles. The number of hydrogen-bond donors (Lipinski definition) is 1. The van der Waals surface area contributed by atoms with Gasteiger partial charge in [0.2, 0.25) is 5.91 Å². The molecule has 1 saturated heterocycles. The number of nitrogens with two attached hydrogens (primary N) is 1. The molecule has 4 rings (SSSR count). The first-order valence-electron chi connectivity index (χ1n) is 10.2. The number of piperidine rings is 1. The maximum absolute atomic E-state index is 14.8. The Morgan fingerprint density at radius 3 is 2.65 bits per heavy atom. The van der Waals surface area contributed by atoms with E-state index in [1.54, 1.807) is 30.5 Å². The van der Waals surface area contributed by atoms with Gasteiger partial charge in [0.05, 0.1) is 30.8 Å². The van der Waals surface area contributed by atoms with Crippen LogP contribution < -0.4 is 15.2 Å². The standard InChI is InChI=1S/C22H23BrFN3O4/c23-13-1-6-19(17(9-13)22(25)29)31-20-7-8-27(12-18(20)24)21(28)10-14-2-3-16(11-26-14)30-15-4-5-15/h1-3,6,9,11,15,18,20H,4-5,7-8,10,12H2,(H2,25,29)/t18-,20+/m0/s1. The number of halogens is 2. The van der Waals surface area contributed by atoms with Crippen molar-refractivity contribution in [2.75, 3.05) is 13.1 Å². The summed E-state index contributed by atoms with van der Waals surface area (Å²) in [6.07, 6.45) is 2.29. The Morgan fingerprint density at radius 1 is 1.19 bits per heavy atom. The highest BCUT2D eigenvalue weighted by molar-refractivity contribution is 9.10. The van der Waals surface area contributed by atoms with Crippen LogP contribution in [0.2, 0.25) is 0 Å². The normalized spacial score (nSPS) is 20.9. The van der Waals surface area contributed by atoms with Gasteiger partial charge in [0.15, 0.2) is 6.17 Å². The number of carbonyl (C=O) groups excluding carboxylic acids is 2. The van der Waals surface area contributed by atoms with Crippen molar-refractivity contribution in [3.63, 3.8) is 0 Å². The lowest BCUT2D eigenvalue weighted by Crippen LogP contribution is -2.49. The van der Waals surface area contributed by atoms with Gasteiger partial charge >= 0.3 is 0 Å². The Morgan fingerprint density at radius 2 is 2.00 bits per heavy atom. The number of nitrogens with zero attached hydrogens (tertiary/aromatic N) is 2. The van der Waals surface area contributed by atoms with Crippen molar-refractivity contribution in [3.05, 3.63) is 52.3 Å². The minimum Gasteiger partial charge on any atom is -0.489 e. The Bertz CT molecular complexity index is 968. The van der Waals surface area contributed by atoms with E-state index in [4.69, 9.17) is 15.2 Å². The van der Waals surface area contributed by atoms with Crippen molar-refractivity contribution < 1.29 is 23.5 Å². The van der Waals surface area contributed by atoms with Crippen LogP contribution in [0, 0.1) is 0 Å². The number of rotatable bonds is 7. The summed E-state index contributed by atoms with van der Waals surface area (Å²) >= 11 is 3.28. The SMILES string of the molecule is NC(=O)c1cc(Br)ccc1O[C@@H]1CCN(C(=O)Cc2ccc(OC3CC3)cn2)C[C@@H]1F. The summed E-state index contributed by atoms with van der Waals surface area (Å²) in [5.41, 5.74) is 6.19. The number of aromatic nitrogens is 1. The summed E-state index contributed by atoms with van der Waals surface area (Å²) < 4.78 is 26.9. The quantitative estimate of drug-likeness (QED) is 0.642. The van der Waals surface area contributed by atoms with Crippen molar-refractivity contribution >= 4 is 27.7 Å². The van der Waals surface area contributed by atoms with Crippen LogP contribution >= 0.6 is 15.9 Å². The van der Waals surface area contributed by atoms with Gasteiger partial charge in [-0.3, -0.25) is 14.6 Å². The maximum atomic E-state index is 14.8. The fourth-order valence-corrected chi connectivity index (χ4v) is 3.79. The van der Waals surface area contributed by atoms with Crippen molar-refractivity contribution in [1.82, 2.24) is 9.88 Å². The smallest absolute Gasteiger partial charge is 0.252 e. The molecule has 2 aromatic rings. The van der Waals surface area contributed by atoms with Crippen LogP contribution in [0.3, 0.4) is 0 Å². The molecular formula is C22H23BrFN3O4. The first-order valence-corrected chi connectivity index (χ1v) is 11.0. The molecule has 0 radical (unpaired) electrons. The zero-order chi connectivity index (χ0) is 22.0. The Balaban J connectivity index is 1.32. The lowest BCUT2D eigenvalue weighted by Gasteiger charge is -2.35. The summed E-state index contributed by atoms with van der Waals surface area (Å²) in [5, 5.41) is 0. The topological polar surface area (TPSA) is 94.8 Å². The number of pyridine rings is 1. The highest BCUT2D eigenvalue weighted by atomic mass is 79.9. The Kier molecular flexibility index (Phi) is 6.41. The van der Waals surface area contributed by atoms with Crippen LogP contribution in [0.25, 0.3) is 0 Å². The maximum Gasteiger partial charge on any atom is 0.252 e. The molecule has 2 fully saturated rings. The summed E-state index contributed by atoms with van der Waals surface area (Å²) in [6.45, 7) is 0.282. The average molecular weight is 492 g/mol. The second-order valence-corrected chi connectivity index (χ2v) is 8.70. The van der Waals surface area contributed by atoms with Crippen molar-refractivity contribution in [3.8, 4) is 11.5 Å². The summed E-state index contributed by atoms with van der Waals surface area (Å²) in [4.78, 5) is 30.0. The highest BCUT2D eigenvalue weighted by Crippen LogP contribution is 2.28. The van der Waals surface area contributed by atoms with E-state index < -0.39 is 18.2 Å². The molecule has 0 spiro atoms. The molecular weight excluding hydrogens is 469 g/mol. The van der Waals surface area contributed by atoms with E-state index >= 15 is 0 Å². The molecule has 1 aromatic heterocycles. The number of hydrogen-bond acceptors (Lipinski definition) is 5. The van der Waals surface area contributed by atoms with E-state index in [1.165, 1.54) is 11.0 Å². The van der Waals surface area contributed by atoms with E-state index in [0.717, 1.165) is 12.8 Å². The molecule has 7 nitrogen and oxygen atoms in total. The first kappa shape index (κ1) is 21.5. The van der Waals surface area contributed by atoms with Gasteiger partial charge in [-0.25, -0.2) is 4.39 Å². The Labute approximate surface area is 187 Å². The zero-order valence-corrected chi connectivity index (χ0v) is 18.4. The number of amides is 2. The van der Waals surface area contributed by atoms with E-state index in [-0.39, 0.29) is 36.3 Å². The molecule has 1 aliphatic carbocycles. The van der Waals surface area contributed by atoms with Crippen LogP contribution in [0.15, 0.2) is 41.0 Å². The molecule has 9 heteroatoms. The minimum absolute atomic E-state index is 0.0746. The fourth-order valence-electron chi connectivity index (χ4n) is 3.43. The van der Waals surface area contributed by atoms with Crippen molar-refractivity contribution in [1.29, 1.82) is 0 Å². The summed E-state index contributed by atoms with van der Waals surface area (Å²) in [6, 6.07) is 8.38. The molecule has 31 heavy (non-hydrogen) atoms. The van der Waals surface area contributed by atoms with E-state index in [1.807, 2.05) is 0 Å². The summed E-state index contributed by atoms with van der Waals surface area (Å²) in [7, 11) is 0. The van der Waals surface area contributed by atoms with Gasteiger partial charge in [-0.2, -0.15) is 0 Å². The van der Waals surface area contributed by atoms with Crippen molar-refractivity contribution in [2.45, 2.75) is 44.1 Å². The van der Waals surface area contributed by atoms with Crippen molar-refractivity contribution in [2.24, 2.45) is 5.73 Å². The van der Waals surface area contributed by atoms with Gasteiger partial charge < -0.3 is 20.1 Å². The third-order valence-corrected chi connectivity index (χ3v) is 5.77. The largest absolute Gasteiger partial charge is 0.489 e. The number of ether oxygens (including phenoxy) is 2. The van der Waals surface area contributed by atoms with Gasteiger partial charge in [-0.15, -0.1) is 0 Å². The first-order chi connectivity index (χ1) is 14.9. The van der Waals surface area contributed by atoms with Crippen LogP contribution in [0.5, 0.6) is 11.5 Å². The lowest BCUT2D eigenvalue weighted by molar-refractivity contribution is -0.134. The number of benzene rings is 1. The molecule has 2 N–H and O–H groups in total. The predicted molar refractivity (Wildman–Crippen MR) is 115 cm³/mol. The number of likely N-dealkylation sites (tertiary alicyclic amines) is 1. The number of carbonyl (C=O) groups is 2. The molecule has 2 amide bonds. The van der Waals surface area contributed by atoms with E-state index in [9.17, 15) is 14.0 Å². The molecule has 2 aliphatic rings. The molecule has 2 heterocycles. The summed E-state index contributed by atoms with van der Waals surface area (Å²) in [5.74, 6) is 0.0934. The van der Waals surface area contributed by atoms with Crippen LogP contribution in [0.1, 0.15) is 35.3 Å². The molecule has 0 unspecified atom stereocenters. The molecule has 1 aromatic carbocycles. The zero-order valence-electron chi connectivity index (χ0n) is 16.8. The molecule has 0 bridgehead atoms. The third kappa shape index (κ3) is 5.52. The van der Waals surface area contributed by atoms with Crippen LogP contribution in [-0.2, 0) is 11.2 Å². The second kappa shape index (κ2) is 9.21. The lowest BCUT2D eigenvalue weighted by atomic mass is 10.0. The highest BCUT2D eigenvalue weighted by Gasteiger charge is 2.33. The Hall–Kier alpha value is -2.68. The fraction of sp³-hybridized carbons (Fsp3) is 0.409. The molecule has 2 atom stereocenters. The van der Waals surface area contributed by atoms with E-state index in [2.05, 4.69) is 20.9 Å². The number of alkyl halides is 1. The van der Waals surface area contributed by atoms with Crippen LogP contribution in [-0.4, -0.2) is 53.2 Å². The van der Waals surface area contributed by atoms with E-state index in [0.29, 0.717) is 28.9 Å². The van der Waals surface area contributed by atoms with Gasteiger partial charge in [0.25, 0.3) is 5.91 Å². The van der Waals surface area contributed by atoms with Gasteiger partial charge in [0.1, 0.15) is 17.6 Å². The monoisotopic (exact) mass is 491 g/mol. The third-order valence-electron chi connectivity index (χ3n) is 5.28. The molecule has 1 aliphatic heterocycles. The van der Waals surface area contributed by atoms with Gasteiger partial charge in [0, 0.05) is 23.1 Å². The number of primary amides is 1. The van der Waals surface area contributed by atoms with Gasteiger partial charge in [-0.05, 0) is 43.2 Å². The average Bonchev–Trinajstić information content (AvgIpc) is 3.56. The second-order valence-electron chi connectivity index (χ2n) is 7.78. The van der Waals surface area contributed by atoms with Crippen LogP contribution in [0.4, 0.5) is 4.39 Å². The molecule has 164 valence electrons. The van der Waals surface area contributed by atoms with Gasteiger partial charge in [-0.1, -0.05) is 15.9 Å².